The first kappa shape index (κ1) is 54.3. The Morgan fingerprint density at radius 1 is 0.303 bits per heavy atom. The predicted octanol–water partition coefficient (Wildman–Crippen LogP) is 25.7. The van der Waals surface area contributed by atoms with Gasteiger partial charge in [-0.15, -0.1) is 0 Å². The summed E-state index contributed by atoms with van der Waals surface area (Å²) in [5, 5.41) is 6.44. The first-order valence-electron chi connectivity index (χ1n) is 40.5. The fraction of sp³-hybridized carbons (Fsp3) is 0. The zero-order valence-electron chi connectivity index (χ0n) is 65.6. The highest BCUT2D eigenvalue weighted by molar-refractivity contribution is 7.01. The average Bonchev–Trinajstić information content (AvgIpc) is 1.45. The van der Waals surface area contributed by atoms with Gasteiger partial charge in [0.2, 0.25) is 0 Å². The summed E-state index contributed by atoms with van der Waals surface area (Å²) < 4.78 is 82.2. The lowest BCUT2D eigenvalue weighted by Gasteiger charge is -2.46. The fourth-order valence-electron chi connectivity index (χ4n) is 18.2. The largest absolute Gasteiger partial charge is 0.456 e. The van der Waals surface area contributed by atoms with Gasteiger partial charge in [-0.25, -0.2) is 0 Å². The number of hydrogen-bond donors (Lipinski definition) is 0. The third-order valence-corrected chi connectivity index (χ3v) is 22.6. The maximum atomic E-state index is 10.7. The van der Waals surface area contributed by atoms with Crippen molar-refractivity contribution in [2.24, 2.45) is 0 Å². The molecule has 0 spiro atoms. The van der Waals surface area contributed by atoms with Gasteiger partial charge in [0.25, 0.3) is 6.71 Å². The standard InChI is InChI=1S/C102H64BN5O/c1-7-30-65(31-8-1)75-47-27-48-76(66-32-9-2-10-33-66)98(75)107-90-62-69(74-46-29-55-93-94(74)82-45-22-26-54-92(82)109-93)56-59-84(90)103-85-60-57-73(105-86-51-23-19-42-79(86)83-63-72(58-61-89(83)105)104(70-38-15-5-16-39-70)71-40-17-6-18-41-71)64-91(85)108(99-77(67-34-11-3-12-35-67)49-28-50-78(99)68-36-13-4-14-37-68)102-96-81-44-21-25-53-88(81)106-87-52-24-20-43-80(87)95(100(96)106)101(107)97(102)103/h1-64H/i19D,23D,42D,51D,58D,61D,63D. The van der Waals surface area contributed by atoms with Crippen molar-refractivity contribution in [1.82, 2.24) is 8.97 Å². The van der Waals surface area contributed by atoms with Gasteiger partial charge in [-0.05, 0) is 141 Å². The molecule has 109 heavy (non-hydrogen) atoms. The Morgan fingerprint density at radius 2 is 0.752 bits per heavy atom. The lowest BCUT2D eigenvalue weighted by molar-refractivity contribution is 0.669. The quantitative estimate of drug-likeness (QED) is 0.121. The number of para-hydroxylation sites is 8. The van der Waals surface area contributed by atoms with E-state index in [4.69, 9.17) is 4.42 Å². The van der Waals surface area contributed by atoms with Gasteiger partial charge < -0.3 is 28.1 Å². The minimum atomic E-state index is -0.568. The number of aromatic nitrogens is 2. The maximum Gasteiger partial charge on any atom is 0.252 e. The minimum absolute atomic E-state index is 0.0686. The molecular formula is C102H64BN5O. The smallest absolute Gasteiger partial charge is 0.252 e. The van der Waals surface area contributed by atoms with Crippen LogP contribution in [0.5, 0.6) is 0 Å². The van der Waals surface area contributed by atoms with Crippen LogP contribution in [0.3, 0.4) is 0 Å². The highest BCUT2D eigenvalue weighted by atomic mass is 16.3. The molecule has 4 aromatic heterocycles. The predicted molar refractivity (Wildman–Crippen MR) is 459 cm³/mol. The van der Waals surface area contributed by atoms with E-state index < -0.39 is 18.8 Å². The Kier molecular flexibility index (Phi) is 12.0. The molecule has 0 radical (unpaired) electrons. The topological polar surface area (TPSA) is 32.2 Å². The number of fused-ring (bicyclic) bond motifs is 18. The molecule has 21 aromatic rings. The van der Waals surface area contributed by atoms with E-state index >= 15 is 0 Å². The van der Waals surface area contributed by atoms with Gasteiger partial charge in [0.1, 0.15) is 11.2 Å². The minimum Gasteiger partial charge on any atom is -0.456 e. The molecule has 6 nitrogen and oxygen atoms in total. The van der Waals surface area contributed by atoms with Gasteiger partial charge >= 0.3 is 0 Å². The van der Waals surface area contributed by atoms with Crippen LogP contribution in [0.1, 0.15) is 9.60 Å². The summed E-state index contributed by atoms with van der Waals surface area (Å²) in [5.74, 6) is 0. The van der Waals surface area contributed by atoms with Gasteiger partial charge in [-0.3, -0.25) is 0 Å². The second kappa shape index (κ2) is 24.1. The summed E-state index contributed by atoms with van der Waals surface area (Å²) >= 11 is 0. The summed E-state index contributed by atoms with van der Waals surface area (Å²) in [5.41, 5.74) is 25.2. The van der Waals surface area contributed by atoms with Crippen LogP contribution in [0.15, 0.2) is 392 Å². The number of benzene rings is 17. The monoisotopic (exact) mass is 1390 g/mol. The molecule has 0 atom stereocenters. The van der Waals surface area contributed by atoms with E-state index in [-0.39, 0.29) is 57.7 Å². The fourth-order valence-corrected chi connectivity index (χ4v) is 18.2. The van der Waals surface area contributed by atoms with Crippen molar-refractivity contribution in [3.05, 3.63) is 388 Å². The summed E-state index contributed by atoms with van der Waals surface area (Å²) in [6, 6.07) is 119. The molecule has 506 valence electrons. The van der Waals surface area contributed by atoms with Gasteiger partial charge in [0.05, 0.1) is 59.9 Å². The molecule has 6 heterocycles. The van der Waals surface area contributed by atoms with Crippen molar-refractivity contribution in [3.63, 3.8) is 0 Å². The first-order valence-corrected chi connectivity index (χ1v) is 37.0. The van der Waals surface area contributed by atoms with Crippen LogP contribution >= 0.6 is 0 Å². The van der Waals surface area contributed by atoms with Gasteiger partial charge in [-0.2, -0.15) is 0 Å². The molecule has 0 amide bonds. The number of nitrogens with zero attached hydrogens (tertiary/aromatic N) is 5. The normalized spacial score (nSPS) is 13.4. The third kappa shape index (κ3) is 9.05. The second-order valence-electron chi connectivity index (χ2n) is 28.4. The van der Waals surface area contributed by atoms with Crippen LogP contribution in [-0.2, 0) is 0 Å². The Hall–Kier alpha value is -14.4. The van der Waals surface area contributed by atoms with Crippen molar-refractivity contribution < 1.29 is 14.0 Å². The van der Waals surface area contributed by atoms with E-state index in [1.54, 1.807) is 9.47 Å². The number of furan rings is 1. The zero-order valence-corrected chi connectivity index (χ0v) is 58.6. The van der Waals surface area contributed by atoms with Crippen molar-refractivity contribution in [1.29, 1.82) is 0 Å². The van der Waals surface area contributed by atoms with Crippen LogP contribution < -0.4 is 31.1 Å². The number of rotatable bonds is 11. The highest BCUT2D eigenvalue weighted by Crippen LogP contribution is 2.59. The molecule has 0 saturated heterocycles. The van der Waals surface area contributed by atoms with E-state index in [1.165, 1.54) is 0 Å². The number of hydrogen-bond acceptors (Lipinski definition) is 4. The zero-order chi connectivity index (χ0) is 77.5. The van der Waals surface area contributed by atoms with E-state index in [9.17, 15) is 9.60 Å². The Morgan fingerprint density at radius 3 is 1.31 bits per heavy atom. The molecule has 2 aliphatic rings. The molecule has 0 N–H and O–H groups in total. The Bertz CT molecular complexity index is 7540. The van der Waals surface area contributed by atoms with E-state index in [2.05, 4.69) is 281 Å². The summed E-state index contributed by atoms with van der Waals surface area (Å²) in [6.45, 7) is -0.568. The molecule has 0 bridgehead atoms. The van der Waals surface area contributed by atoms with Crippen LogP contribution in [0, 0.1) is 0 Å². The van der Waals surface area contributed by atoms with Crippen molar-refractivity contribution in [3.8, 4) is 61.3 Å². The van der Waals surface area contributed by atoms with Crippen molar-refractivity contribution in [2.45, 2.75) is 0 Å². The van der Waals surface area contributed by atoms with Crippen LogP contribution in [-0.4, -0.2) is 15.7 Å². The highest BCUT2D eigenvalue weighted by Gasteiger charge is 2.48. The lowest BCUT2D eigenvalue weighted by Crippen LogP contribution is -2.61. The van der Waals surface area contributed by atoms with Crippen molar-refractivity contribution in [2.75, 3.05) is 14.7 Å². The first-order chi connectivity index (χ1) is 57.1. The Balaban J connectivity index is 0.928. The molecule has 0 fully saturated rings. The number of anilines is 9. The van der Waals surface area contributed by atoms with Crippen molar-refractivity contribution >= 4 is 156 Å². The molecule has 17 aromatic carbocycles. The van der Waals surface area contributed by atoms with Gasteiger partial charge in [0, 0.05) is 99.5 Å². The SMILES string of the molecule is [2H]c1c([2H])c([2H])c2c(c1[2H])c1c([2H])c(N(c3ccccc3)c3ccccc3)c([2H])c([2H])c1n2-c1ccc2c(c1)N(c1c(-c3ccccc3)cccc1-c1ccccc1)c1c3c(c4c5ccccc5n5c6ccccc6c1c45)N(c1c(-c4ccccc4)cccc1-c1ccccc1)c1cc(-c4cccc5oc6ccccc6c45)ccc1B23. The van der Waals surface area contributed by atoms with E-state index in [1.807, 2.05) is 78.9 Å². The molecule has 0 aliphatic carbocycles. The molecule has 0 saturated carbocycles. The summed E-state index contributed by atoms with van der Waals surface area (Å²) in [6.07, 6.45) is 0. The molecular weight excluding hydrogens is 1320 g/mol. The van der Waals surface area contributed by atoms with Crippen LogP contribution in [0.25, 0.3) is 143 Å². The summed E-state index contributed by atoms with van der Waals surface area (Å²) in [4.78, 5) is 6.96. The lowest BCUT2D eigenvalue weighted by atomic mass is 9.33. The van der Waals surface area contributed by atoms with E-state index in [0.29, 0.717) is 17.1 Å². The van der Waals surface area contributed by atoms with Crippen LogP contribution in [0.4, 0.5) is 51.2 Å². The third-order valence-electron chi connectivity index (χ3n) is 22.6. The maximum absolute atomic E-state index is 10.7. The molecule has 7 heteroatoms. The Labute approximate surface area is 639 Å². The van der Waals surface area contributed by atoms with Gasteiger partial charge in [0.15, 0.2) is 0 Å². The summed E-state index contributed by atoms with van der Waals surface area (Å²) in [7, 11) is 0. The van der Waals surface area contributed by atoms with Crippen LogP contribution in [0.2, 0.25) is 0 Å². The molecule has 2 aliphatic heterocycles. The van der Waals surface area contributed by atoms with E-state index in [0.717, 1.165) is 166 Å². The average molecular weight is 1390 g/mol. The second-order valence-corrected chi connectivity index (χ2v) is 28.4. The molecule has 0 unspecified atom stereocenters. The van der Waals surface area contributed by atoms with Gasteiger partial charge in [-0.1, -0.05) is 297 Å². The molecule has 23 rings (SSSR count).